The van der Waals surface area contributed by atoms with Gasteiger partial charge in [-0.15, -0.1) is 0 Å². The van der Waals surface area contributed by atoms with Crippen molar-refractivity contribution in [1.29, 1.82) is 0 Å². The van der Waals surface area contributed by atoms with Gasteiger partial charge in [-0.3, -0.25) is 0 Å². The summed E-state index contributed by atoms with van der Waals surface area (Å²) in [6.45, 7) is 2.17. The lowest BCUT2D eigenvalue weighted by molar-refractivity contribution is 0.0684. The first-order valence-electron chi connectivity index (χ1n) is 5.24. The highest BCUT2D eigenvalue weighted by molar-refractivity contribution is 14.1. The Balaban J connectivity index is 2.18. The Labute approximate surface area is 103 Å². The van der Waals surface area contributed by atoms with E-state index in [-0.39, 0.29) is 0 Å². The first kappa shape index (κ1) is 11.0. The molecule has 0 spiro atoms. The van der Waals surface area contributed by atoms with Crippen LogP contribution in [-0.4, -0.2) is 15.6 Å². The molecule has 82 valence electrons. The highest BCUT2D eigenvalue weighted by Gasteiger charge is 2.39. The third kappa shape index (κ3) is 2.19. The van der Waals surface area contributed by atoms with Gasteiger partial charge in [0.15, 0.2) is 0 Å². The van der Waals surface area contributed by atoms with E-state index >= 15 is 0 Å². The van der Waals surface area contributed by atoms with Crippen LogP contribution in [-0.2, 0) is 0 Å². The molecular weight excluding hydrogens is 305 g/mol. The molecule has 0 radical (unpaired) electrons. The topological polar surface area (TPSA) is 42.2 Å². The zero-order chi connectivity index (χ0) is 11.0. The highest BCUT2D eigenvalue weighted by atomic mass is 127. The molecule has 0 aliphatic heterocycles. The number of hydrogen-bond donors (Lipinski definition) is 1. The van der Waals surface area contributed by atoms with Crippen LogP contribution >= 0.6 is 22.6 Å². The van der Waals surface area contributed by atoms with Gasteiger partial charge < -0.3 is 9.67 Å². The molecule has 1 heterocycles. The van der Waals surface area contributed by atoms with Gasteiger partial charge in [-0.2, -0.15) is 0 Å². The van der Waals surface area contributed by atoms with Gasteiger partial charge in [0.05, 0.1) is 0 Å². The van der Waals surface area contributed by atoms with E-state index in [1.807, 2.05) is 10.8 Å². The Bertz CT molecular complexity index is 386. The van der Waals surface area contributed by atoms with Gasteiger partial charge in [0, 0.05) is 15.8 Å². The fraction of sp³-hybridized carbons (Fsp3) is 0.545. The third-order valence-electron chi connectivity index (χ3n) is 2.94. The van der Waals surface area contributed by atoms with E-state index in [9.17, 15) is 4.79 Å². The fourth-order valence-corrected chi connectivity index (χ4v) is 2.74. The zero-order valence-electron chi connectivity index (χ0n) is 8.61. The van der Waals surface area contributed by atoms with Crippen LogP contribution in [0.2, 0.25) is 0 Å². The predicted octanol–water partition coefficient (Wildman–Crippen LogP) is 3.15. The van der Waals surface area contributed by atoms with E-state index in [1.165, 1.54) is 12.8 Å². The van der Waals surface area contributed by atoms with E-state index in [1.54, 1.807) is 6.07 Å². The van der Waals surface area contributed by atoms with E-state index in [0.717, 1.165) is 9.99 Å². The lowest BCUT2D eigenvalue weighted by Crippen LogP contribution is -2.06. The first-order chi connectivity index (χ1) is 7.13. The van der Waals surface area contributed by atoms with Gasteiger partial charge in [-0.05, 0) is 47.4 Å². The van der Waals surface area contributed by atoms with Crippen molar-refractivity contribution >= 4 is 28.6 Å². The molecule has 0 saturated heterocycles. The minimum Gasteiger partial charge on any atom is -0.477 e. The average Bonchev–Trinajstić information content (AvgIpc) is 2.80. The van der Waals surface area contributed by atoms with Crippen molar-refractivity contribution in [3.05, 3.63) is 21.5 Å². The number of carboxylic acid groups (broad SMARTS) is 1. The van der Waals surface area contributed by atoms with Crippen molar-refractivity contribution in [2.45, 2.75) is 32.2 Å². The number of rotatable bonds is 4. The lowest BCUT2D eigenvalue weighted by atomic mass is 10.2. The summed E-state index contributed by atoms with van der Waals surface area (Å²) in [5.41, 5.74) is 0.433. The molecule has 2 atom stereocenters. The molecule has 4 heteroatoms. The molecule has 1 N–H and O–H groups in total. The van der Waals surface area contributed by atoms with Crippen LogP contribution in [0.1, 0.15) is 42.7 Å². The van der Waals surface area contributed by atoms with Crippen LogP contribution in [0.3, 0.4) is 0 Å². The molecule has 1 fully saturated rings. The first-order valence-corrected chi connectivity index (χ1v) is 6.32. The number of carboxylic acids is 1. The normalized spacial score (nSPS) is 24.1. The van der Waals surface area contributed by atoms with Gasteiger partial charge >= 0.3 is 5.97 Å². The van der Waals surface area contributed by atoms with E-state index in [2.05, 4.69) is 29.5 Å². The van der Waals surface area contributed by atoms with Crippen LogP contribution < -0.4 is 0 Å². The van der Waals surface area contributed by atoms with Crippen molar-refractivity contribution < 1.29 is 9.90 Å². The van der Waals surface area contributed by atoms with Gasteiger partial charge in [0.2, 0.25) is 0 Å². The quantitative estimate of drug-likeness (QED) is 0.866. The van der Waals surface area contributed by atoms with Gasteiger partial charge in [-0.25, -0.2) is 4.79 Å². The number of nitrogens with zero attached hydrogens (tertiary/aromatic N) is 1. The molecule has 15 heavy (non-hydrogen) atoms. The molecule has 1 aromatic rings. The monoisotopic (exact) mass is 319 g/mol. The molecule has 2 unspecified atom stereocenters. The number of aromatic nitrogens is 1. The highest BCUT2D eigenvalue weighted by Crippen LogP contribution is 2.47. The lowest BCUT2D eigenvalue weighted by Gasteiger charge is -2.04. The second-order valence-corrected chi connectivity index (χ2v) is 5.35. The summed E-state index contributed by atoms with van der Waals surface area (Å²) in [6, 6.07) is 2.17. The second kappa shape index (κ2) is 4.15. The molecule has 0 bridgehead atoms. The maximum Gasteiger partial charge on any atom is 0.352 e. The molecule has 0 aromatic carbocycles. The molecule has 1 aliphatic carbocycles. The summed E-state index contributed by atoms with van der Waals surface area (Å²) < 4.78 is 2.94. The van der Waals surface area contributed by atoms with Crippen LogP contribution in [0.4, 0.5) is 0 Å². The minimum absolute atomic E-state index is 0.430. The second-order valence-electron chi connectivity index (χ2n) is 4.11. The van der Waals surface area contributed by atoms with Gasteiger partial charge in [0.25, 0.3) is 0 Å². The summed E-state index contributed by atoms with van der Waals surface area (Å²) in [6.07, 6.45) is 5.48. The molecule has 2 rings (SSSR count). The van der Waals surface area contributed by atoms with Gasteiger partial charge in [-0.1, -0.05) is 13.3 Å². The van der Waals surface area contributed by atoms with Crippen molar-refractivity contribution in [2.24, 2.45) is 5.92 Å². The molecular formula is C11H14INO2. The van der Waals surface area contributed by atoms with E-state index < -0.39 is 5.97 Å². The number of carbonyl (C=O) groups is 1. The Morgan fingerprint density at radius 2 is 2.47 bits per heavy atom. The van der Waals surface area contributed by atoms with Crippen molar-refractivity contribution in [3.63, 3.8) is 0 Å². The van der Waals surface area contributed by atoms with Crippen molar-refractivity contribution in [2.75, 3.05) is 0 Å². The number of hydrogen-bond acceptors (Lipinski definition) is 1. The maximum atomic E-state index is 11.0. The number of aromatic carboxylic acids is 1. The fourth-order valence-electron chi connectivity index (χ4n) is 2.14. The van der Waals surface area contributed by atoms with Crippen molar-refractivity contribution in [3.8, 4) is 0 Å². The van der Waals surface area contributed by atoms with Crippen molar-refractivity contribution in [1.82, 2.24) is 4.57 Å². The SMILES string of the molecule is CCCC1CC1n1cc(I)cc1C(=O)O. The predicted molar refractivity (Wildman–Crippen MR) is 66.2 cm³/mol. The smallest absolute Gasteiger partial charge is 0.352 e. The van der Waals surface area contributed by atoms with Crippen LogP contribution in [0.15, 0.2) is 12.3 Å². The summed E-state index contributed by atoms with van der Waals surface area (Å²) in [5.74, 6) is -0.128. The summed E-state index contributed by atoms with van der Waals surface area (Å²) >= 11 is 2.16. The molecule has 1 saturated carbocycles. The summed E-state index contributed by atoms with van der Waals surface area (Å²) in [5, 5.41) is 9.05. The standard InChI is InChI=1S/C11H14INO2/c1-2-3-7-4-9(7)13-6-8(12)5-10(13)11(14)15/h5-7,9H,2-4H2,1H3,(H,14,15). The molecule has 3 nitrogen and oxygen atoms in total. The largest absolute Gasteiger partial charge is 0.477 e. The Morgan fingerprint density at radius 1 is 1.73 bits per heavy atom. The molecule has 1 aromatic heterocycles. The number of halogens is 1. The van der Waals surface area contributed by atoms with Crippen LogP contribution in [0.5, 0.6) is 0 Å². The zero-order valence-corrected chi connectivity index (χ0v) is 10.8. The van der Waals surface area contributed by atoms with Crippen LogP contribution in [0.25, 0.3) is 0 Å². The third-order valence-corrected chi connectivity index (χ3v) is 3.53. The summed E-state index contributed by atoms with van der Waals surface area (Å²) in [4.78, 5) is 11.0. The van der Waals surface area contributed by atoms with Crippen LogP contribution in [0, 0.1) is 9.49 Å². The van der Waals surface area contributed by atoms with E-state index in [0.29, 0.717) is 17.7 Å². The Kier molecular flexibility index (Phi) is 3.04. The molecule has 0 amide bonds. The Morgan fingerprint density at radius 3 is 3.07 bits per heavy atom. The molecule has 1 aliphatic rings. The average molecular weight is 319 g/mol. The van der Waals surface area contributed by atoms with E-state index in [4.69, 9.17) is 5.11 Å². The Hall–Kier alpha value is -0.520. The maximum absolute atomic E-state index is 11.0. The summed E-state index contributed by atoms with van der Waals surface area (Å²) in [7, 11) is 0. The van der Waals surface area contributed by atoms with Gasteiger partial charge in [0.1, 0.15) is 5.69 Å². The minimum atomic E-state index is -0.819.